The lowest BCUT2D eigenvalue weighted by atomic mass is 9.75. The normalized spacial score (nSPS) is 20.3. The SMILES string of the molecule is O=C(NCc1ccnc(F)c1)[N+]1(C/C=C/c2ccc(Cl)cc2)CC2(CCNCC2)c2cc(Cl)c(Cl)cc21. The van der Waals surface area contributed by atoms with Crippen LogP contribution in [0.25, 0.3) is 6.08 Å². The Labute approximate surface area is 230 Å². The molecule has 1 aromatic heterocycles. The van der Waals surface area contributed by atoms with Crippen molar-refractivity contribution in [2.75, 3.05) is 26.2 Å². The van der Waals surface area contributed by atoms with E-state index in [1.54, 1.807) is 6.07 Å². The van der Waals surface area contributed by atoms with Gasteiger partial charge < -0.3 is 10.6 Å². The Bertz CT molecular complexity index is 1340. The monoisotopic (exact) mass is 559 g/mol. The zero-order chi connectivity index (χ0) is 26.0. The molecule has 3 heterocycles. The highest BCUT2D eigenvalue weighted by Crippen LogP contribution is 2.52. The number of nitrogens with one attached hydrogen (secondary N) is 2. The van der Waals surface area contributed by atoms with E-state index in [-0.39, 0.29) is 22.5 Å². The summed E-state index contributed by atoms with van der Waals surface area (Å²) in [5.41, 5.74) is 3.35. The van der Waals surface area contributed by atoms with Gasteiger partial charge in [-0.1, -0.05) is 53.0 Å². The number of amides is 2. The smallest absolute Gasteiger partial charge is 0.317 e. The van der Waals surface area contributed by atoms with Crippen molar-refractivity contribution in [2.24, 2.45) is 0 Å². The molecular formula is C28H27Cl3FN4O+. The minimum Gasteiger partial charge on any atom is -0.317 e. The molecule has 1 saturated heterocycles. The molecule has 9 heteroatoms. The average Bonchev–Trinajstić information content (AvgIpc) is 3.13. The summed E-state index contributed by atoms with van der Waals surface area (Å²) in [6.45, 7) is 2.91. The van der Waals surface area contributed by atoms with Gasteiger partial charge in [0.25, 0.3) is 0 Å². The highest BCUT2D eigenvalue weighted by Gasteiger charge is 2.57. The number of quaternary nitrogens is 1. The summed E-state index contributed by atoms with van der Waals surface area (Å²) in [7, 11) is 0. The van der Waals surface area contributed by atoms with Crippen LogP contribution in [0.2, 0.25) is 15.1 Å². The van der Waals surface area contributed by atoms with Gasteiger partial charge in [-0.05, 0) is 73.5 Å². The first-order valence-electron chi connectivity index (χ1n) is 12.2. The van der Waals surface area contributed by atoms with Crippen molar-refractivity contribution < 1.29 is 9.18 Å². The molecule has 0 radical (unpaired) electrons. The van der Waals surface area contributed by atoms with Gasteiger partial charge in [0.2, 0.25) is 5.95 Å². The van der Waals surface area contributed by atoms with E-state index in [2.05, 4.69) is 15.6 Å². The van der Waals surface area contributed by atoms with Crippen LogP contribution in [0, 0.1) is 5.95 Å². The van der Waals surface area contributed by atoms with Gasteiger partial charge in [-0.3, -0.25) is 0 Å². The molecule has 0 aliphatic carbocycles. The lowest BCUT2D eigenvalue weighted by Crippen LogP contribution is -2.60. The van der Waals surface area contributed by atoms with Crippen molar-refractivity contribution in [3.8, 4) is 0 Å². The second-order valence-electron chi connectivity index (χ2n) is 9.72. The van der Waals surface area contributed by atoms with Crippen LogP contribution in [0.4, 0.5) is 14.9 Å². The van der Waals surface area contributed by atoms with Crippen LogP contribution in [0.3, 0.4) is 0 Å². The fourth-order valence-corrected chi connectivity index (χ4v) is 6.03. The first-order chi connectivity index (χ1) is 17.8. The van der Waals surface area contributed by atoms with Gasteiger partial charge in [0.1, 0.15) is 18.8 Å². The van der Waals surface area contributed by atoms with Crippen LogP contribution < -0.4 is 15.1 Å². The van der Waals surface area contributed by atoms with Crippen molar-refractivity contribution >= 4 is 52.6 Å². The third-order valence-corrected chi connectivity index (χ3v) is 8.40. The molecule has 2 N–H and O–H groups in total. The summed E-state index contributed by atoms with van der Waals surface area (Å²) in [4.78, 5) is 17.7. The molecule has 2 aromatic carbocycles. The van der Waals surface area contributed by atoms with Crippen LogP contribution in [0.15, 0.2) is 60.8 Å². The molecule has 37 heavy (non-hydrogen) atoms. The lowest BCUT2D eigenvalue weighted by Gasteiger charge is -2.36. The number of carbonyl (C=O) groups excluding carboxylic acids is 1. The van der Waals surface area contributed by atoms with Gasteiger partial charge in [-0.2, -0.15) is 4.39 Å². The Kier molecular flexibility index (Phi) is 7.57. The van der Waals surface area contributed by atoms with Crippen molar-refractivity contribution in [1.82, 2.24) is 20.1 Å². The average molecular weight is 561 g/mol. The van der Waals surface area contributed by atoms with Gasteiger partial charge in [-0.25, -0.2) is 14.3 Å². The molecule has 5 nitrogen and oxygen atoms in total. The van der Waals surface area contributed by atoms with Gasteiger partial charge in [-0.15, -0.1) is 0 Å². The zero-order valence-electron chi connectivity index (χ0n) is 20.1. The van der Waals surface area contributed by atoms with Crippen LogP contribution in [0.1, 0.15) is 29.5 Å². The zero-order valence-corrected chi connectivity index (χ0v) is 22.4. The standard InChI is InChI=1S/C28H26Cl3FN4O/c29-21-5-3-19(4-6-21)2-1-13-36(27(37)35-17-20-7-10-34-26(32)14-20)18-28(8-11-33-12-9-28)22-15-23(30)24(31)16-25(22)36/h1-7,10,14-16,33H,8-9,11-13,17-18H2/p+1/b2-1+. The maximum absolute atomic E-state index is 14.1. The molecule has 2 aliphatic heterocycles. The van der Waals surface area contributed by atoms with Crippen molar-refractivity contribution in [1.29, 1.82) is 0 Å². The molecule has 0 saturated carbocycles. The van der Waals surface area contributed by atoms with Crippen molar-refractivity contribution in [3.63, 3.8) is 0 Å². The van der Waals surface area contributed by atoms with Crippen LogP contribution in [-0.2, 0) is 12.0 Å². The largest absolute Gasteiger partial charge is 0.422 e. The molecule has 1 spiro atoms. The number of halogens is 4. The predicted molar refractivity (Wildman–Crippen MR) is 149 cm³/mol. The summed E-state index contributed by atoms with van der Waals surface area (Å²) in [5.74, 6) is -0.580. The molecule has 2 amide bonds. The molecule has 1 fully saturated rings. The highest BCUT2D eigenvalue weighted by atomic mass is 35.5. The number of piperidine rings is 1. The molecule has 3 aromatic rings. The quantitative estimate of drug-likeness (QED) is 0.268. The molecule has 1 atom stereocenters. The predicted octanol–water partition coefficient (Wildman–Crippen LogP) is 6.75. The van der Waals surface area contributed by atoms with E-state index >= 15 is 0 Å². The summed E-state index contributed by atoms with van der Waals surface area (Å²) in [5, 5.41) is 8.07. The molecule has 2 aliphatic rings. The van der Waals surface area contributed by atoms with E-state index in [1.807, 2.05) is 48.6 Å². The minimum atomic E-state index is -0.580. The second-order valence-corrected chi connectivity index (χ2v) is 11.0. The Balaban J connectivity index is 1.54. The fourth-order valence-electron chi connectivity index (χ4n) is 5.59. The Hall–Kier alpha value is -2.48. The fraction of sp³-hybridized carbons (Fsp3) is 0.286. The molecular weight excluding hydrogens is 534 g/mol. The number of rotatable bonds is 5. The Morgan fingerprint density at radius 3 is 2.54 bits per heavy atom. The van der Waals surface area contributed by atoms with Gasteiger partial charge in [0.05, 0.1) is 15.5 Å². The van der Waals surface area contributed by atoms with Gasteiger partial charge in [0, 0.05) is 29.4 Å². The minimum absolute atomic E-state index is 0.0455. The van der Waals surface area contributed by atoms with E-state index in [0.717, 1.165) is 42.7 Å². The summed E-state index contributed by atoms with van der Waals surface area (Å²) >= 11 is 19.1. The summed E-state index contributed by atoms with van der Waals surface area (Å²) in [6.07, 6.45) is 7.18. The number of aromatic nitrogens is 1. The molecule has 5 rings (SSSR count). The number of nitrogens with zero attached hydrogens (tertiary/aromatic N) is 2. The van der Waals surface area contributed by atoms with Crippen LogP contribution >= 0.6 is 34.8 Å². The van der Waals surface area contributed by atoms with Crippen molar-refractivity contribution in [2.45, 2.75) is 24.8 Å². The molecule has 1 unspecified atom stereocenters. The highest BCUT2D eigenvalue weighted by molar-refractivity contribution is 6.42. The number of hydrogen-bond acceptors (Lipinski definition) is 3. The van der Waals surface area contributed by atoms with E-state index in [4.69, 9.17) is 34.8 Å². The third kappa shape index (κ3) is 5.27. The number of benzene rings is 2. The first kappa shape index (κ1) is 26.1. The maximum Gasteiger partial charge on any atom is 0.422 e. The summed E-state index contributed by atoms with van der Waals surface area (Å²) in [6, 6.07) is 14.2. The van der Waals surface area contributed by atoms with E-state index in [9.17, 15) is 9.18 Å². The Morgan fingerprint density at radius 2 is 1.81 bits per heavy atom. The second kappa shape index (κ2) is 10.7. The topological polar surface area (TPSA) is 54.0 Å². The van der Waals surface area contributed by atoms with Gasteiger partial charge >= 0.3 is 6.03 Å². The molecule has 192 valence electrons. The van der Waals surface area contributed by atoms with Crippen LogP contribution in [-0.4, -0.2) is 37.2 Å². The third-order valence-electron chi connectivity index (χ3n) is 7.43. The lowest BCUT2D eigenvalue weighted by molar-refractivity contribution is 0.189. The van der Waals surface area contributed by atoms with E-state index in [0.29, 0.717) is 33.7 Å². The van der Waals surface area contributed by atoms with Gasteiger partial charge in [0.15, 0.2) is 0 Å². The van der Waals surface area contributed by atoms with Crippen LogP contribution in [0.5, 0.6) is 0 Å². The summed E-state index contributed by atoms with van der Waals surface area (Å²) < 4.78 is 13.7. The molecule has 0 bridgehead atoms. The number of urea groups is 1. The van der Waals surface area contributed by atoms with E-state index < -0.39 is 5.95 Å². The maximum atomic E-state index is 14.1. The number of fused-ring (bicyclic) bond motifs is 2. The number of hydrogen-bond donors (Lipinski definition) is 2. The van der Waals surface area contributed by atoms with E-state index in [1.165, 1.54) is 12.3 Å². The number of pyridine rings is 1. The van der Waals surface area contributed by atoms with Crippen molar-refractivity contribution in [3.05, 3.63) is 98.5 Å². The Morgan fingerprint density at radius 1 is 1.08 bits per heavy atom. The first-order valence-corrected chi connectivity index (χ1v) is 13.3. The number of carbonyl (C=O) groups is 1.